The molecule has 0 amide bonds. The van der Waals surface area contributed by atoms with E-state index >= 15 is 0 Å². The number of imidazole rings is 1. The smallest absolute Gasteiger partial charge is 0.342 e. The van der Waals surface area contributed by atoms with Gasteiger partial charge in [0.2, 0.25) is 0 Å². The second kappa shape index (κ2) is 7.34. The third-order valence-electron chi connectivity index (χ3n) is 3.73. The summed E-state index contributed by atoms with van der Waals surface area (Å²) in [6, 6.07) is 0. The molecule has 1 saturated heterocycles. The van der Waals surface area contributed by atoms with E-state index < -0.39 is 26.7 Å². The van der Waals surface area contributed by atoms with Crippen LogP contribution in [0.2, 0.25) is 0 Å². The van der Waals surface area contributed by atoms with E-state index in [1.165, 1.54) is 4.57 Å². The molecule has 0 aliphatic carbocycles. The summed E-state index contributed by atoms with van der Waals surface area (Å²) in [5.41, 5.74) is 0. The normalized spacial score (nSPS) is 18.0. The number of nitrogens with zero attached hydrogens (tertiary/aromatic N) is 4. The van der Waals surface area contributed by atoms with Crippen LogP contribution < -0.4 is 0 Å². The van der Waals surface area contributed by atoms with Crippen molar-refractivity contribution in [2.45, 2.75) is 13.5 Å². The summed E-state index contributed by atoms with van der Waals surface area (Å²) in [7, 11) is -4.18. The van der Waals surface area contributed by atoms with Gasteiger partial charge in [-0.25, -0.2) is 9.55 Å². The van der Waals surface area contributed by atoms with Crippen LogP contribution in [-0.4, -0.2) is 70.9 Å². The fourth-order valence-corrected chi connectivity index (χ4v) is 3.50. The summed E-state index contributed by atoms with van der Waals surface area (Å²) < 4.78 is 38.3. The standard InChI is InChI=1S/C12H20N4O6S/c1-10-13-6-12(16(17)18)15(10)8-11(9-23(19,20)21)7-14-2-4-22-5-3-14/h6,11H,2-5,7-9H2,1H3,(H,19,20,21). The van der Waals surface area contributed by atoms with Crippen molar-refractivity contribution in [1.29, 1.82) is 0 Å². The molecule has 10 nitrogen and oxygen atoms in total. The molecule has 130 valence electrons. The van der Waals surface area contributed by atoms with Crippen molar-refractivity contribution in [1.82, 2.24) is 14.5 Å². The lowest BCUT2D eigenvalue weighted by Crippen LogP contribution is -2.41. The average Bonchev–Trinajstić information content (AvgIpc) is 2.79. The first-order chi connectivity index (χ1) is 10.8. The van der Waals surface area contributed by atoms with Gasteiger partial charge in [0.05, 0.1) is 25.5 Å². The predicted molar refractivity (Wildman–Crippen MR) is 80.8 cm³/mol. The van der Waals surface area contributed by atoms with Crippen LogP contribution in [0.15, 0.2) is 6.20 Å². The van der Waals surface area contributed by atoms with Gasteiger partial charge in [-0.2, -0.15) is 8.42 Å². The monoisotopic (exact) mass is 348 g/mol. The van der Waals surface area contributed by atoms with Gasteiger partial charge in [0.1, 0.15) is 6.20 Å². The van der Waals surface area contributed by atoms with Gasteiger partial charge < -0.3 is 14.9 Å². The molecule has 1 N–H and O–H groups in total. The fraction of sp³-hybridized carbons (Fsp3) is 0.750. The lowest BCUT2D eigenvalue weighted by molar-refractivity contribution is -0.392. The third-order valence-corrected chi connectivity index (χ3v) is 4.62. The lowest BCUT2D eigenvalue weighted by atomic mass is 10.1. The molecule has 1 aliphatic heterocycles. The van der Waals surface area contributed by atoms with Crippen molar-refractivity contribution in [3.8, 4) is 0 Å². The first-order valence-corrected chi connectivity index (χ1v) is 8.79. The van der Waals surface area contributed by atoms with Gasteiger partial charge in [-0.1, -0.05) is 0 Å². The second-order valence-corrected chi connectivity index (χ2v) is 7.06. The van der Waals surface area contributed by atoms with Crippen molar-refractivity contribution >= 4 is 15.9 Å². The number of aryl methyl sites for hydroxylation is 1. The number of ether oxygens (including phenoxy) is 1. The second-order valence-electron chi connectivity index (χ2n) is 5.56. The molecule has 1 aromatic heterocycles. The Bertz CT molecular complexity index is 653. The zero-order chi connectivity index (χ0) is 17.0. The van der Waals surface area contributed by atoms with Crippen LogP contribution in [0.3, 0.4) is 0 Å². The van der Waals surface area contributed by atoms with Crippen molar-refractivity contribution in [2.75, 3.05) is 38.6 Å². The van der Waals surface area contributed by atoms with E-state index in [9.17, 15) is 18.5 Å². The van der Waals surface area contributed by atoms with Gasteiger partial charge in [0.25, 0.3) is 10.1 Å². The molecule has 0 radical (unpaired) electrons. The minimum Gasteiger partial charge on any atom is -0.379 e. The molecule has 0 bridgehead atoms. The Morgan fingerprint density at radius 3 is 2.65 bits per heavy atom. The summed E-state index contributed by atoms with van der Waals surface area (Å²) in [6.07, 6.45) is 1.15. The van der Waals surface area contributed by atoms with Crippen LogP contribution in [0.4, 0.5) is 5.82 Å². The van der Waals surface area contributed by atoms with E-state index in [1.54, 1.807) is 6.92 Å². The van der Waals surface area contributed by atoms with Crippen LogP contribution in [0, 0.1) is 23.0 Å². The lowest BCUT2D eigenvalue weighted by Gasteiger charge is -2.29. The SMILES string of the molecule is Cc1ncc([N+](=O)[O-])n1CC(CN1CCOCC1)CS(=O)(=O)O. The van der Waals surface area contributed by atoms with E-state index in [1.807, 2.05) is 4.90 Å². The highest BCUT2D eigenvalue weighted by Crippen LogP contribution is 2.18. The van der Waals surface area contributed by atoms with Gasteiger partial charge in [-0.05, 0) is 4.92 Å². The number of rotatable bonds is 7. The van der Waals surface area contributed by atoms with Crippen molar-refractivity contribution in [2.24, 2.45) is 5.92 Å². The number of hydrogen-bond donors (Lipinski definition) is 1. The van der Waals surface area contributed by atoms with E-state index in [0.717, 1.165) is 6.20 Å². The van der Waals surface area contributed by atoms with Gasteiger partial charge in [-0.15, -0.1) is 0 Å². The minimum atomic E-state index is -4.18. The third kappa shape index (κ3) is 5.23. The van der Waals surface area contributed by atoms with Crippen LogP contribution in [0.5, 0.6) is 0 Å². The van der Waals surface area contributed by atoms with Gasteiger partial charge >= 0.3 is 5.82 Å². The van der Waals surface area contributed by atoms with Crippen LogP contribution in [0.25, 0.3) is 0 Å². The maximum Gasteiger partial charge on any atom is 0.342 e. The molecule has 0 spiro atoms. The molecule has 2 rings (SSSR count). The van der Waals surface area contributed by atoms with Crippen LogP contribution in [-0.2, 0) is 21.4 Å². The van der Waals surface area contributed by atoms with Crippen molar-refractivity contribution in [3.05, 3.63) is 22.1 Å². The summed E-state index contributed by atoms with van der Waals surface area (Å²) in [6.45, 7) is 4.55. The average molecular weight is 348 g/mol. The Morgan fingerprint density at radius 1 is 1.43 bits per heavy atom. The largest absolute Gasteiger partial charge is 0.379 e. The zero-order valence-electron chi connectivity index (χ0n) is 12.8. The topological polar surface area (TPSA) is 128 Å². The molecule has 1 unspecified atom stereocenters. The number of hydrogen-bond acceptors (Lipinski definition) is 7. The van der Waals surface area contributed by atoms with Crippen LogP contribution in [0.1, 0.15) is 5.82 Å². The number of aromatic nitrogens is 2. The Kier molecular flexibility index (Phi) is 5.68. The number of nitro groups is 1. The highest BCUT2D eigenvalue weighted by molar-refractivity contribution is 7.85. The Labute approximate surface area is 134 Å². The summed E-state index contributed by atoms with van der Waals surface area (Å²) in [5.74, 6) is -0.711. The summed E-state index contributed by atoms with van der Waals surface area (Å²) >= 11 is 0. The molecule has 0 aromatic carbocycles. The Hall–Kier alpha value is -1.56. The van der Waals surface area contributed by atoms with Gasteiger partial charge in [0, 0.05) is 32.5 Å². The molecular weight excluding hydrogens is 328 g/mol. The molecule has 0 saturated carbocycles. The fourth-order valence-electron chi connectivity index (χ4n) is 2.70. The van der Waals surface area contributed by atoms with Gasteiger partial charge in [0.15, 0.2) is 5.82 Å². The maximum atomic E-state index is 11.3. The van der Waals surface area contributed by atoms with E-state index in [0.29, 0.717) is 38.7 Å². The first kappa shape index (κ1) is 17.8. The first-order valence-electron chi connectivity index (χ1n) is 7.18. The molecule has 11 heteroatoms. The van der Waals surface area contributed by atoms with Crippen LogP contribution >= 0.6 is 0 Å². The molecule has 2 heterocycles. The van der Waals surface area contributed by atoms with Gasteiger partial charge in [-0.3, -0.25) is 9.45 Å². The van der Waals surface area contributed by atoms with E-state index in [4.69, 9.17) is 9.29 Å². The molecule has 1 fully saturated rings. The number of morpholine rings is 1. The molecule has 1 aromatic rings. The Balaban J connectivity index is 2.16. The molecule has 1 atom stereocenters. The Morgan fingerprint density at radius 2 is 2.09 bits per heavy atom. The van der Waals surface area contributed by atoms with Crippen molar-refractivity contribution < 1.29 is 22.6 Å². The predicted octanol–water partition coefficient (Wildman–Crippen LogP) is -0.0641. The van der Waals surface area contributed by atoms with E-state index in [-0.39, 0.29) is 12.4 Å². The minimum absolute atomic E-state index is 0.0965. The van der Waals surface area contributed by atoms with E-state index in [2.05, 4.69) is 4.98 Å². The zero-order valence-corrected chi connectivity index (χ0v) is 13.6. The quantitative estimate of drug-likeness (QED) is 0.412. The molecular formula is C12H20N4O6S. The maximum absolute atomic E-state index is 11.3. The molecule has 23 heavy (non-hydrogen) atoms. The highest BCUT2D eigenvalue weighted by Gasteiger charge is 2.27. The highest BCUT2D eigenvalue weighted by atomic mass is 32.2. The molecule has 1 aliphatic rings. The summed E-state index contributed by atoms with van der Waals surface area (Å²) in [4.78, 5) is 16.4. The summed E-state index contributed by atoms with van der Waals surface area (Å²) in [5, 5.41) is 11.0. The van der Waals surface area contributed by atoms with Crippen molar-refractivity contribution in [3.63, 3.8) is 0 Å².